The van der Waals surface area contributed by atoms with Crippen LogP contribution in [0.4, 0.5) is 5.69 Å². The maximum atomic E-state index is 6.17. The molecule has 124 valence electrons. The van der Waals surface area contributed by atoms with Crippen LogP contribution in [-0.2, 0) is 14.2 Å². The molecule has 1 heterocycles. The maximum absolute atomic E-state index is 6.17. The molecule has 1 aromatic carbocycles. The SMILES string of the molecule is COCCCC[C@]1(COC)C[C@@H](c2ccc(N)cc2)CCO1. The van der Waals surface area contributed by atoms with Crippen LogP contribution in [0.1, 0.15) is 43.6 Å². The fourth-order valence-corrected chi connectivity index (χ4v) is 3.38. The Hall–Kier alpha value is -1.10. The minimum atomic E-state index is -0.160. The summed E-state index contributed by atoms with van der Waals surface area (Å²) < 4.78 is 16.8. The van der Waals surface area contributed by atoms with Crippen molar-refractivity contribution in [1.29, 1.82) is 0 Å². The molecule has 1 aliphatic heterocycles. The predicted octanol–water partition coefficient (Wildman–Crippen LogP) is 3.36. The first-order chi connectivity index (χ1) is 10.7. The van der Waals surface area contributed by atoms with Crippen LogP contribution >= 0.6 is 0 Å². The molecule has 4 heteroatoms. The second-order valence-electron chi connectivity index (χ2n) is 6.27. The lowest BCUT2D eigenvalue weighted by atomic mass is 9.79. The number of hydrogen-bond acceptors (Lipinski definition) is 4. The van der Waals surface area contributed by atoms with Gasteiger partial charge in [-0.15, -0.1) is 0 Å². The van der Waals surface area contributed by atoms with Crippen LogP contribution in [0.25, 0.3) is 0 Å². The lowest BCUT2D eigenvalue weighted by molar-refractivity contribution is -0.127. The fraction of sp³-hybridized carbons (Fsp3) is 0.667. The smallest absolute Gasteiger partial charge is 0.0920 e. The Kier molecular flexibility index (Phi) is 6.68. The van der Waals surface area contributed by atoms with Crippen molar-refractivity contribution in [3.63, 3.8) is 0 Å². The highest BCUT2D eigenvalue weighted by molar-refractivity contribution is 5.40. The molecule has 2 rings (SSSR count). The molecule has 0 saturated carbocycles. The second kappa shape index (κ2) is 8.51. The maximum Gasteiger partial charge on any atom is 0.0920 e. The van der Waals surface area contributed by atoms with Crippen LogP contribution in [0.3, 0.4) is 0 Å². The molecule has 1 saturated heterocycles. The number of anilines is 1. The van der Waals surface area contributed by atoms with Crippen LogP contribution in [-0.4, -0.2) is 39.6 Å². The molecule has 4 nitrogen and oxygen atoms in total. The van der Waals surface area contributed by atoms with Crippen LogP contribution < -0.4 is 5.73 Å². The largest absolute Gasteiger partial charge is 0.399 e. The highest BCUT2D eigenvalue weighted by Gasteiger charge is 2.37. The molecule has 0 unspecified atom stereocenters. The molecular weight excluding hydrogens is 278 g/mol. The van der Waals surface area contributed by atoms with Crippen molar-refractivity contribution in [3.05, 3.63) is 29.8 Å². The average Bonchev–Trinajstić information content (AvgIpc) is 2.53. The van der Waals surface area contributed by atoms with E-state index in [9.17, 15) is 0 Å². The molecule has 22 heavy (non-hydrogen) atoms. The normalized spacial score (nSPS) is 25.3. The van der Waals surface area contributed by atoms with E-state index in [0.29, 0.717) is 12.5 Å². The van der Waals surface area contributed by atoms with Gasteiger partial charge in [-0.1, -0.05) is 12.1 Å². The van der Waals surface area contributed by atoms with Crippen molar-refractivity contribution in [2.24, 2.45) is 0 Å². The Morgan fingerprint density at radius 2 is 1.95 bits per heavy atom. The van der Waals surface area contributed by atoms with Gasteiger partial charge in [-0.2, -0.15) is 0 Å². The van der Waals surface area contributed by atoms with Gasteiger partial charge in [0.2, 0.25) is 0 Å². The van der Waals surface area contributed by atoms with E-state index in [1.165, 1.54) is 5.56 Å². The van der Waals surface area contributed by atoms with Gasteiger partial charge in [-0.3, -0.25) is 0 Å². The number of unbranched alkanes of at least 4 members (excludes halogenated alkanes) is 1. The molecule has 0 spiro atoms. The van der Waals surface area contributed by atoms with E-state index in [4.69, 9.17) is 19.9 Å². The second-order valence-corrected chi connectivity index (χ2v) is 6.27. The lowest BCUT2D eigenvalue weighted by Crippen LogP contribution is -2.43. The number of hydrogen-bond donors (Lipinski definition) is 1. The van der Waals surface area contributed by atoms with Crippen molar-refractivity contribution in [2.75, 3.05) is 39.8 Å². The highest BCUT2D eigenvalue weighted by atomic mass is 16.5. The van der Waals surface area contributed by atoms with E-state index in [1.807, 2.05) is 12.1 Å². The van der Waals surface area contributed by atoms with E-state index >= 15 is 0 Å². The number of nitrogen functional groups attached to an aromatic ring is 1. The van der Waals surface area contributed by atoms with Gasteiger partial charge in [0, 0.05) is 33.1 Å². The van der Waals surface area contributed by atoms with Gasteiger partial charge in [-0.05, 0) is 55.7 Å². The third-order valence-electron chi connectivity index (χ3n) is 4.54. The zero-order valence-electron chi connectivity index (χ0n) is 13.8. The van der Waals surface area contributed by atoms with E-state index in [2.05, 4.69) is 12.1 Å². The Morgan fingerprint density at radius 3 is 2.64 bits per heavy atom. The summed E-state index contributed by atoms with van der Waals surface area (Å²) in [5.74, 6) is 0.520. The van der Waals surface area contributed by atoms with Crippen molar-refractivity contribution in [1.82, 2.24) is 0 Å². The Bertz CT molecular complexity index is 430. The molecule has 1 aromatic rings. The summed E-state index contributed by atoms with van der Waals surface area (Å²) in [4.78, 5) is 0. The minimum Gasteiger partial charge on any atom is -0.399 e. The van der Waals surface area contributed by atoms with E-state index < -0.39 is 0 Å². The summed E-state index contributed by atoms with van der Waals surface area (Å²) in [6.45, 7) is 2.26. The molecule has 1 fully saturated rings. The molecule has 0 bridgehead atoms. The third kappa shape index (κ3) is 4.70. The fourth-order valence-electron chi connectivity index (χ4n) is 3.38. The van der Waals surface area contributed by atoms with Gasteiger partial charge >= 0.3 is 0 Å². The third-order valence-corrected chi connectivity index (χ3v) is 4.54. The summed E-state index contributed by atoms with van der Waals surface area (Å²) >= 11 is 0. The molecule has 1 aliphatic rings. The quantitative estimate of drug-likeness (QED) is 0.591. The Balaban J connectivity index is 2.01. The van der Waals surface area contributed by atoms with Gasteiger partial charge in [-0.25, -0.2) is 0 Å². The molecule has 0 amide bonds. The minimum absolute atomic E-state index is 0.160. The summed E-state index contributed by atoms with van der Waals surface area (Å²) in [7, 11) is 3.51. The van der Waals surface area contributed by atoms with Gasteiger partial charge in [0.1, 0.15) is 0 Å². The number of nitrogens with two attached hydrogens (primary N) is 1. The van der Waals surface area contributed by atoms with E-state index in [-0.39, 0.29) is 5.60 Å². The zero-order chi connectivity index (χ0) is 15.8. The number of benzene rings is 1. The van der Waals surface area contributed by atoms with Crippen LogP contribution in [0.2, 0.25) is 0 Å². The predicted molar refractivity (Wildman–Crippen MR) is 89.1 cm³/mol. The van der Waals surface area contributed by atoms with Gasteiger partial charge < -0.3 is 19.9 Å². The van der Waals surface area contributed by atoms with E-state index in [1.54, 1.807) is 14.2 Å². The van der Waals surface area contributed by atoms with Crippen molar-refractivity contribution in [3.8, 4) is 0 Å². The molecule has 2 N–H and O–H groups in total. The van der Waals surface area contributed by atoms with Gasteiger partial charge in [0.25, 0.3) is 0 Å². The first kappa shape index (κ1) is 17.3. The summed E-state index contributed by atoms with van der Waals surface area (Å²) in [5, 5.41) is 0. The Labute approximate surface area is 133 Å². The standard InChI is InChI=1S/C18H29NO3/c1-20-11-4-3-10-18(14-21-2)13-16(9-12-22-18)15-5-7-17(19)8-6-15/h5-8,16H,3-4,9-14,19H2,1-2H3/t16-,18+/m0/s1. The molecular formula is C18H29NO3. The average molecular weight is 307 g/mol. The molecule has 2 atom stereocenters. The molecule has 0 aliphatic carbocycles. The van der Waals surface area contributed by atoms with Crippen LogP contribution in [0.5, 0.6) is 0 Å². The summed E-state index contributed by atoms with van der Waals surface area (Å²) in [6, 6.07) is 8.27. The Morgan fingerprint density at radius 1 is 1.18 bits per heavy atom. The van der Waals surface area contributed by atoms with Crippen molar-refractivity contribution >= 4 is 5.69 Å². The molecule has 0 aromatic heterocycles. The van der Waals surface area contributed by atoms with E-state index in [0.717, 1.165) is 51.0 Å². The zero-order valence-corrected chi connectivity index (χ0v) is 13.8. The topological polar surface area (TPSA) is 53.7 Å². The number of methoxy groups -OCH3 is 2. The number of rotatable bonds is 8. The van der Waals surface area contributed by atoms with Gasteiger partial charge in [0.15, 0.2) is 0 Å². The van der Waals surface area contributed by atoms with Crippen LogP contribution in [0.15, 0.2) is 24.3 Å². The molecule has 0 radical (unpaired) electrons. The lowest BCUT2D eigenvalue weighted by Gasteiger charge is -2.41. The van der Waals surface area contributed by atoms with Crippen LogP contribution in [0, 0.1) is 0 Å². The summed E-state index contributed by atoms with van der Waals surface area (Å²) in [5.41, 5.74) is 7.81. The first-order valence-electron chi connectivity index (χ1n) is 8.16. The van der Waals surface area contributed by atoms with Gasteiger partial charge in [0.05, 0.1) is 12.2 Å². The highest BCUT2D eigenvalue weighted by Crippen LogP contribution is 2.39. The number of ether oxygens (including phenoxy) is 3. The first-order valence-corrected chi connectivity index (χ1v) is 8.16. The van der Waals surface area contributed by atoms with Crippen molar-refractivity contribution in [2.45, 2.75) is 43.6 Å². The summed E-state index contributed by atoms with van der Waals surface area (Å²) in [6.07, 6.45) is 5.27. The monoisotopic (exact) mass is 307 g/mol. The van der Waals surface area contributed by atoms with Crippen molar-refractivity contribution < 1.29 is 14.2 Å².